The van der Waals surface area contributed by atoms with Crippen LogP contribution in [0.25, 0.3) is 10.1 Å². The average Bonchev–Trinajstić information content (AvgIpc) is 3.82. The molecule has 420 valence electrons. The van der Waals surface area contributed by atoms with Gasteiger partial charge in [0.1, 0.15) is 0 Å². The Balaban J connectivity index is 1.81. The molecule has 73 heavy (non-hydrogen) atoms. The average molecular weight is 1040 g/mol. The predicted molar refractivity (Wildman–Crippen MR) is 304 cm³/mol. The molecule has 0 N–H and O–H groups in total. The van der Waals surface area contributed by atoms with Gasteiger partial charge in [-0.3, -0.25) is 19.2 Å². The Labute approximate surface area is 449 Å². The van der Waals surface area contributed by atoms with E-state index in [1.807, 2.05) is 18.2 Å². The zero-order valence-electron chi connectivity index (χ0n) is 47.6. The number of hydrogen-bond acceptors (Lipinski definition) is 11. The standard InChI is InChI=1S/C62H107NO9S/c1-7-11-15-19-21-29-39-52(37-27-17-13-9-3)61(66)71-47-34-25-23-31-43-63(44-32-24-26-35-48-72-62(67)53(38-28-18-14-10-4)40-30-22-20-16-12-8-2)45-33-36-46-70-60(65)42-41-55(64)59-50-54-49-56(68-5)57(69-6)51-58(54)73-59/h49-53H,7-48H2,1-6H3. The number of thiophene rings is 1. The van der Waals surface area contributed by atoms with Gasteiger partial charge in [0.05, 0.1) is 57.2 Å². The molecular weight excluding hydrogens is 935 g/mol. The van der Waals surface area contributed by atoms with Crippen LogP contribution in [0, 0.1) is 11.8 Å². The van der Waals surface area contributed by atoms with Crippen molar-refractivity contribution in [2.75, 3.05) is 53.7 Å². The van der Waals surface area contributed by atoms with Gasteiger partial charge in [-0.1, -0.05) is 182 Å². The number of carbonyl (C=O) groups is 4. The molecule has 10 nitrogen and oxygen atoms in total. The third-order valence-electron chi connectivity index (χ3n) is 14.5. The van der Waals surface area contributed by atoms with Crippen molar-refractivity contribution < 1.29 is 42.9 Å². The van der Waals surface area contributed by atoms with Gasteiger partial charge >= 0.3 is 17.9 Å². The molecule has 2 unspecified atom stereocenters. The molecule has 0 radical (unpaired) electrons. The third-order valence-corrected chi connectivity index (χ3v) is 15.6. The number of nitrogens with zero attached hydrogens (tertiary/aromatic N) is 1. The SMILES string of the molecule is CCCCCCCCC(CCCCCC)C(=O)OCCCCCCN(CCCCCCOC(=O)C(CCCCCC)CCCCCCCC)CCCCOC(=O)CCC(=O)c1cc2cc(OC)c(OC)cc2s1. The molecule has 0 amide bonds. The summed E-state index contributed by atoms with van der Waals surface area (Å²) < 4.78 is 29.1. The largest absolute Gasteiger partial charge is 0.493 e. The quantitative estimate of drug-likeness (QED) is 0.0274. The lowest BCUT2D eigenvalue weighted by Crippen LogP contribution is -2.27. The first-order valence-corrected chi connectivity index (χ1v) is 30.9. The Morgan fingerprint density at radius 3 is 1.27 bits per heavy atom. The van der Waals surface area contributed by atoms with E-state index >= 15 is 0 Å². The maximum absolute atomic E-state index is 13.2. The van der Waals surface area contributed by atoms with E-state index in [0.29, 0.717) is 36.2 Å². The summed E-state index contributed by atoms with van der Waals surface area (Å²) >= 11 is 1.39. The van der Waals surface area contributed by atoms with Crippen molar-refractivity contribution in [2.45, 2.75) is 259 Å². The van der Waals surface area contributed by atoms with Gasteiger partial charge in [0.25, 0.3) is 0 Å². The minimum Gasteiger partial charge on any atom is -0.493 e. The number of carbonyl (C=O) groups excluding carboxylic acids is 4. The van der Waals surface area contributed by atoms with E-state index in [9.17, 15) is 19.2 Å². The van der Waals surface area contributed by atoms with Crippen LogP contribution in [0.1, 0.15) is 269 Å². The van der Waals surface area contributed by atoms with Crippen LogP contribution in [-0.4, -0.2) is 82.3 Å². The number of Topliss-reactive ketones (excluding diaryl/α,β-unsaturated/α-hetero) is 1. The Hall–Kier alpha value is -3.18. The zero-order chi connectivity index (χ0) is 53.0. The lowest BCUT2D eigenvalue weighted by Gasteiger charge is -2.22. The number of ether oxygens (including phenoxy) is 5. The molecule has 0 spiro atoms. The second kappa shape index (κ2) is 45.1. The van der Waals surface area contributed by atoms with Crippen molar-refractivity contribution in [1.29, 1.82) is 0 Å². The Kier molecular flexibility index (Phi) is 40.7. The van der Waals surface area contributed by atoms with Crippen molar-refractivity contribution in [3.8, 4) is 11.5 Å². The van der Waals surface area contributed by atoms with Crippen LogP contribution in [0.15, 0.2) is 18.2 Å². The van der Waals surface area contributed by atoms with Crippen molar-refractivity contribution in [2.24, 2.45) is 11.8 Å². The molecule has 1 aromatic carbocycles. The molecule has 1 aromatic heterocycles. The molecule has 0 saturated carbocycles. The Morgan fingerprint density at radius 1 is 0.438 bits per heavy atom. The molecular formula is C62H107NO9S. The van der Waals surface area contributed by atoms with Gasteiger partial charge in [-0.15, -0.1) is 11.3 Å². The predicted octanol–water partition coefficient (Wildman–Crippen LogP) is 17.4. The second-order valence-corrected chi connectivity index (χ2v) is 22.0. The van der Waals surface area contributed by atoms with E-state index in [-0.39, 0.29) is 48.4 Å². The second-order valence-electron chi connectivity index (χ2n) is 20.9. The van der Waals surface area contributed by atoms with E-state index in [1.54, 1.807) is 14.2 Å². The summed E-state index contributed by atoms with van der Waals surface area (Å²) in [6.45, 7) is 13.3. The number of fused-ring (bicyclic) bond motifs is 1. The van der Waals surface area contributed by atoms with Crippen LogP contribution < -0.4 is 9.47 Å². The van der Waals surface area contributed by atoms with Gasteiger partial charge in [-0.05, 0) is 101 Å². The molecule has 1 heterocycles. The van der Waals surface area contributed by atoms with Crippen molar-refractivity contribution in [3.63, 3.8) is 0 Å². The lowest BCUT2D eigenvalue weighted by molar-refractivity contribution is -0.150. The van der Waals surface area contributed by atoms with E-state index in [4.69, 9.17) is 23.7 Å². The summed E-state index contributed by atoms with van der Waals surface area (Å²) in [4.78, 5) is 55.2. The van der Waals surface area contributed by atoms with Crippen LogP contribution in [0.2, 0.25) is 0 Å². The summed E-state index contributed by atoms with van der Waals surface area (Å²) in [5, 5.41) is 0.907. The van der Waals surface area contributed by atoms with Crippen molar-refractivity contribution >= 4 is 45.1 Å². The number of ketones is 1. The molecule has 2 rings (SSSR count). The van der Waals surface area contributed by atoms with Gasteiger partial charge in [0, 0.05) is 17.2 Å². The summed E-state index contributed by atoms with van der Waals surface area (Å²) in [6, 6.07) is 5.59. The van der Waals surface area contributed by atoms with Gasteiger partial charge in [-0.2, -0.15) is 0 Å². The number of benzene rings is 1. The van der Waals surface area contributed by atoms with Crippen LogP contribution in [0.3, 0.4) is 0 Å². The topological polar surface area (TPSA) is 118 Å². The number of hydrogen-bond donors (Lipinski definition) is 0. The fourth-order valence-corrected chi connectivity index (χ4v) is 10.8. The Morgan fingerprint density at radius 2 is 0.808 bits per heavy atom. The van der Waals surface area contributed by atoms with Crippen LogP contribution in [0.5, 0.6) is 11.5 Å². The fraction of sp³-hybridized carbons (Fsp3) is 0.806. The first-order chi connectivity index (χ1) is 35.7. The number of rotatable bonds is 51. The summed E-state index contributed by atoms with van der Waals surface area (Å²) in [5.41, 5.74) is 0. The van der Waals surface area contributed by atoms with Gasteiger partial charge in [0.15, 0.2) is 17.3 Å². The maximum atomic E-state index is 13.2. The Bertz CT molecular complexity index is 1600. The summed E-state index contributed by atoms with van der Waals surface area (Å²) in [5.74, 6) is 0.953. The zero-order valence-corrected chi connectivity index (χ0v) is 48.4. The first kappa shape index (κ1) is 65.9. The molecule has 0 aliphatic rings. The number of methoxy groups -OCH3 is 2. The first-order valence-electron chi connectivity index (χ1n) is 30.1. The van der Waals surface area contributed by atoms with Crippen LogP contribution in [-0.2, 0) is 28.6 Å². The fourth-order valence-electron chi connectivity index (χ4n) is 9.77. The monoisotopic (exact) mass is 1040 g/mol. The van der Waals surface area contributed by atoms with E-state index in [2.05, 4.69) is 32.6 Å². The highest BCUT2D eigenvalue weighted by molar-refractivity contribution is 7.20. The third kappa shape index (κ3) is 32.1. The smallest absolute Gasteiger partial charge is 0.308 e. The minimum absolute atomic E-state index is 0.0227. The van der Waals surface area contributed by atoms with Crippen molar-refractivity contribution in [1.82, 2.24) is 4.90 Å². The highest BCUT2D eigenvalue weighted by Gasteiger charge is 2.21. The van der Waals surface area contributed by atoms with Gasteiger partial charge in [-0.25, -0.2) is 0 Å². The van der Waals surface area contributed by atoms with E-state index < -0.39 is 0 Å². The van der Waals surface area contributed by atoms with Crippen molar-refractivity contribution in [3.05, 3.63) is 23.1 Å². The molecule has 0 bridgehead atoms. The molecule has 0 fully saturated rings. The van der Waals surface area contributed by atoms with Crippen LogP contribution in [0.4, 0.5) is 0 Å². The normalized spacial score (nSPS) is 12.3. The lowest BCUT2D eigenvalue weighted by atomic mass is 9.94. The number of unbranched alkanes of at least 4 members (excludes halogenated alkanes) is 23. The molecule has 2 aromatic rings. The molecule has 0 aliphatic heterocycles. The highest BCUT2D eigenvalue weighted by atomic mass is 32.1. The van der Waals surface area contributed by atoms with E-state index in [0.717, 1.165) is 145 Å². The van der Waals surface area contributed by atoms with Gasteiger partial charge < -0.3 is 28.6 Å². The summed E-state index contributed by atoms with van der Waals surface area (Å²) in [7, 11) is 3.18. The molecule has 0 aliphatic carbocycles. The maximum Gasteiger partial charge on any atom is 0.308 e. The molecule has 2 atom stereocenters. The summed E-state index contributed by atoms with van der Waals surface area (Å²) in [6.07, 6.45) is 38.4. The molecule has 11 heteroatoms. The van der Waals surface area contributed by atoms with E-state index in [1.165, 1.54) is 114 Å². The minimum atomic E-state index is -0.341. The molecule has 0 saturated heterocycles. The van der Waals surface area contributed by atoms with Crippen LogP contribution >= 0.6 is 11.3 Å². The number of esters is 3. The van der Waals surface area contributed by atoms with Gasteiger partial charge in [0.2, 0.25) is 0 Å². The highest BCUT2D eigenvalue weighted by Crippen LogP contribution is 2.37.